The third kappa shape index (κ3) is 13.8. The molecule has 1 nitrogen and oxygen atoms in total. The molecule has 0 bridgehead atoms. The van der Waals surface area contributed by atoms with Gasteiger partial charge in [0.2, 0.25) is 5.92 Å². The number of rotatable bonds is 7. The summed E-state index contributed by atoms with van der Waals surface area (Å²) in [4.78, 5) is 0. The van der Waals surface area contributed by atoms with Gasteiger partial charge in [-0.2, -0.15) is 0 Å². The molecule has 0 aromatic rings. The smallest absolute Gasteiger partial charge is 0.250 e. The van der Waals surface area contributed by atoms with Crippen LogP contribution in [0.25, 0.3) is 0 Å². The fraction of sp³-hybridized carbons (Fsp3) is 1.00. The zero-order valence-corrected chi connectivity index (χ0v) is 11.5. The Balaban J connectivity index is 0. The third-order valence-corrected chi connectivity index (χ3v) is 2.13. The first kappa shape index (κ1) is 18.2. The Morgan fingerprint density at radius 3 is 2.00 bits per heavy atom. The van der Waals surface area contributed by atoms with E-state index in [4.69, 9.17) is 4.74 Å². The van der Waals surface area contributed by atoms with Crippen molar-refractivity contribution < 1.29 is 13.5 Å². The molecule has 3 heteroatoms. The van der Waals surface area contributed by atoms with Crippen LogP contribution in [-0.4, -0.2) is 19.1 Å². The monoisotopic (exact) mass is 238 g/mol. The first-order chi connectivity index (χ1) is 7.40. The molecule has 0 aromatic heterocycles. The minimum Gasteiger partial charge on any atom is -0.381 e. The molecule has 0 rings (SSSR count). The maximum absolute atomic E-state index is 12.6. The Bertz CT molecular complexity index is 132. The Kier molecular flexibility index (Phi) is 12.9. The van der Waals surface area contributed by atoms with Gasteiger partial charge in [-0.3, -0.25) is 0 Å². The summed E-state index contributed by atoms with van der Waals surface area (Å²) in [6.45, 7) is 9.57. The maximum atomic E-state index is 12.6. The van der Waals surface area contributed by atoms with Crippen LogP contribution in [-0.2, 0) is 4.74 Å². The van der Waals surface area contributed by atoms with Crippen molar-refractivity contribution in [2.75, 3.05) is 13.2 Å². The Morgan fingerprint density at radius 1 is 1.12 bits per heavy atom. The minimum atomic E-state index is -2.62. The molecule has 0 saturated heterocycles. The van der Waals surface area contributed by atoms with Crippen LogP contribution in [0.2, 0.25) is 0 Å². The standard InChI is InChI=1S/C10H20F2O.C3H8/c1-4-5-6-7-13-8-9(2)10(3,11)12;1-3-2/h9H,4-8H2,1-3H3;3H2,1-2H3. The third-order valence-electron chi connectivity index (χ3n) is 2.13. The van der Waals surface area contributed by atoms with E-state index in [9.17, 15) is 8.78 Å². The molecule has 0 fully saturated rings. The van der Waals surface area contributed by atoms with Crippen LogP contribution in [0.3, 0.4) is 0 Å². The second-order valence-corrected chi connectivity index (χ2v) is 4.35. The zero-order chi connectivity index (χ0) is 13.0. The van der Waals surface area contributed by atoms with Gasteiger partial charge in [0.25, 0.3) is 0 Å². The van der Waals surface area contributed by atoms with Crippen molar-refractivity contribution in [2.45, 2.75) is 66.2 Å². The zero-order valence-electron chi connectivity index (χ0n) is 11.5. The molecule has 0 aliphatic rings. The second-order valence-electron chi connectivity index (χ2n) is 4.35. The lowest BCUT2D eigenvalue weighted by atomic mass is 10.1. The van der Waals surface area contributed by atoms with E-state index in [-0.39, 0.29) is 6.61 Å². The van der Waals surface area contributed by atoms with E-state index in [0.717, 1.165) is 26.2 Å². The van der Waals surface area contributed by atoms with Crippen molar-refractivity contribution in [1.29, 1.82) is 0 Å². The molecule has 1 atom stereocenters. The first-order valence-electron chi connectivity index (χ1n) is 6.35. The van der Waals surface area contributed by atoms with Crippen LogP contribution in [0.4, 0.5) is 8.78 Å². The average molecular weight is 238 g/mol. The predicted octanol–water partition coefficient (Wildman–Crippen LogP) is 4.90. The number of hydrogen-bond acceptors (Lipinski definition) is 1. The fourth-order valence-corrected chi connectivity index (χ4v) is 0.861. The van der Waals surface area contributed by atoms with E-state index in [1.54, 1.807) is 0 Å². The van der Waals surface area contributed by atoms with Crippen LogP contribution in [0.15, 0.2) is 0 Å². The summed E-state index contributed by atoms with van der Waals surface area (Å²) < 4.78 is 30.4. The van der Waals surface area contributed by atoms with Crippen LogP contribution >= 0.6 is 0 Å². The lowest BCUT2D eigenvalue weighted by Gasteiger charge is -2.18. The topological polar surface area (TPSA) is 9.23 Å². The molecule has 0 saturated carbocycles. The van der Waals surface area contributed by atoms with Crippen molar-refractivity contribution in [3.8, 4) is 0 Å². The van der Waals surface area contributed by atoms with Gasteiger partial charge in [0.1, 0.15) is 0 Å². The quantitative estimate of drug-likeness (QED) is 0.573. The largest absolute Gasteiger partial charge is 0.381 e. The average Bonchev–Trinajstić information content (AvgIpc) is 2.17. The number of ether oxygens (including phenoxy) is 1. The molecule has 0 aliphatic heterocycles. The molecular weight excluding hydrogens is 210 g/mol. The van der Waals surface area contributed by atoms with Crippen LogP contribution in [0, 0.1) is 5.92 Å². The lowest BCUT2D eigenvalue weighted by molar-refractivity contribution is -0.0652. The van der Waals surface area contributed by atoms with Gasteiger partial charge in [0.15, 0.2) is 0 Å². The number of unbranched alkanes of at least 4 members (excludes halogenated alkanes) is 2. The van der Waals surface area contributed by atoms with Gasteiger partial charge < -0.3 is 4.74 Å². The molecule has 0 N–H and O–H groups in total. The van der Waals surface area contributed by atoms with Gasteiger partial charge in [-0.05, 0) is 13.3 Å². The van der Waals surface area contributed by atoms with Crippen LogP contribution in [0.1, 0.15) is 60.3 Å². The summed E-state index contributed by atoms with van der Waals surface area (Å²) >= 11 is 0. The molecule has 0 spiro atoms. The molecule has 16 heavy (non-hydrogen) atoms. The van der Waals surface area contributed by atoms with Crippen LogP contribution in [0.5, 0.6) is 0 Å². The molecule has 0 aromatic carbocycles. The highest BCUT2D eigenvalue weighted by atomic mass is 19.3. The van der Waals surface area contributed by atoms with Gasteiger partial charge in [-0.15, -0.1) is 0 Å². The van der Waals surface area contributed by atoms with E-state index < -0.39 is 11.8 Å². The van der Waals surface area contributed by atoms with Crippen molar-refractivity contribution in [2.24, 2.45) is 5.92 Å². The van der Waals surface area contributed by atoms with Crippen molar-refractivity contribution in [3.63, 3.8) is 0 Å². The van der Waals surface area contributed by atoms with E-state index in [0.29, 0.717) is 6.61 Å². The van der Waals surface area contributed by atoms with E-state index >= 15 is 0 Å². The molecule has 0 amide bonds. The highest BCUT2D eigenvalue weighted by molar-refractivity contribution is 4.66. The van der Waals surface area contributed by atoms with Crippen molar-refractivity contribution >= 4 is 0 Å². The van der Waals surface area contributed by atoms with Crippen molar-refractivity contribution in [1.82, 2.24) is 0 Å². The Hall–Kier alpha value is -0.180. The Morgan fingerprint density at radius 2 is 1.62 bits per heavy atom. The summed E-state index contributed by atoms with van der Waals surface area (Å²) in [6.07, 6.45) is 4.46. The molecule has 0 heterocycles. The second kappa shape index (κ2) is 11.3. The van der Waals surface area contributed by atoms with E-state index in [1.807, 2.05) is 0 Å². The van der Waals surface area contributed by atoms with Crippen molar-refractivity contribution in [3.05, 3.63) is 0 Å². The highest BCUT2D eigenvalue weighted by Crippen LogP contribution is 2.23. The molecular formula is C13H28F2O. The SMILES string of the molecule is CCC.CCCCCOCC(C)C(C)(F)F. The van der Waals surface area contributed by atoms with Crippen LogP contribution < -0.4 is 0 Å². The normalized spacial score (nSPS) is 12.9. The number of alkyl halides is 2. The van der Waals surface area contributed by atoms with E-state index in [2.05, 4.69) is 20.8 Å². The van der Waals surface area contributed by atoms with Gasteiger partial charge in [-0.1, -0.05) is 47.0 Å². The molecule has 100 valence electrons. The lowest BCUT2D eigenvalue weighted by Crippen LogP contribution is -2.26. The van der Waals surface area contributed by atoms with Gasteiger partial charge in [-0.25, -0.2) is 8.78 Å². The van der Waals surface area contributed by atoms with Gasteiger partial charge in [0, 0.05) is 12.5 Å². The molecule has 1 unspecified atom stereocenters. The Labute approximate surface area is 99.6 Å². The predicted molar refractivity (Wildman–Crippen MR) is 66.1 cm³/mol. The summed E-state index contributed by atoms with van der Waals surface area (Å²) in [6, 6.07) is 0. The van der Waals surface area contributed by atoms with E-state index in [1.165, 1.54) is 13.3 Å². The number of hydrogen-bond donors (Lipinski definition) is 0. The summed E-state index contributed by atoms with van der Waals surface area (Å²) in [5.41, 5.74) is 0. The first-order valence-corrected chi connectivity index (χ1v) is 6.35. The molecule has 0 radical (unpaired) electrons. The fourth-order valence-electron chi connectivity index (χ4n) is 0.861. The maximum Gasteiger partial charge on any atom is 0.250 e. The minimum absolute atomic E-state index is 0.160. The summed E-state index contributed by atoms with van der Waals surface area (Å²) in [5.74, 6) is -3.31. The van der Waals surface area contributed by atoms with Gasteiger partial charge in [0.05, 0.1) is 6.61 Å². The number of halogens is 2. The van der Waals surface area contributed by atoms with Gasteiger partial charge >= 0.3 is 0 Å². The summed E-state index contributed by atoms with van der Waals surface area (Å²) in [7, 11) is 0. The summed E-state index contributed by atoms with van der Waals surface area (Å²) in [5, 5.41) is 0. The highest BCUT2D eigenvalue weighted by Gasteiger charge is 2.29. The molecule has 0 aliphatic carbocycles.